The summed E-state index contributed by atoms with van der Waals surface area (Å²) in [6, 6.07) is 9.90. The number of pyridine rings is 1. The predicted molar refractivity (Wildman–Crippen MR) is 94.7 cm³/mol. The number of carbonyl (C=O) groups is 1. The van der Waals surface area contributed by atoms with Crippen LogP contribution in [0.15, 0.2) is 47.5 Å². The lowest BCUT2D eigenvalue weighted by molar-refractivity contribution is 0.0951. The highest BCUT2D eigenvalue weighted by Gasteiger charge is 2.24. The summed E-state index contributed by atoms with van der Waals surface area (Å²) in [5.41, 5.74) is 2.47. The smallest absolute Gasteiger partial charge is 0.251 e. The van der Waals surface area contributed by atoms with Gasteiger partial charge in [-0.1, -0.05) is 6.07 Å². The van der Waals surface area contributed by atoms with E-state index in [2.05, 4.69) is 10.3 Å². The van der Waals surface area contributed by atoms with Gasteiger partial charge in [0.15, 0.2) is 0 Å². The second-order valence-corrected chi connectivity index (χ2v) is 8.51. The minimum Gasteiger partial charge on any atom is -0.348 e. The summed E-state index contributed by atoms with van der Waals surface area (Å²) in [6.07, 6.45) is 4.21. The van der Waals surface area contributed by atoms with E-state index in [0.717, 1.165) is 15.6 Å². The maximum Gasteiger partial charge on any atom is 0.251 e. The van der Waals surface area contributed by atoms with E-state index in [1.54, 1.807) is 6.20 Å². The summed E-state index contributed by atoms with van der Waals surface area (Å²) in [4.78, 5) is 16.8. The van der Waals surface area contributed by atoms with Crippen molar-refractivity contribution in [2.45, 2.75) is 30.2 Å². The third-order valence-corrected chi connectivity index (χ3v) is 6.02. The fraction of sp³-hybridized carbons (Fsp3) is 0.333. The first-order valence-electron chi connectivity index (χ1n) is 8.13. The number of benzene rings is 1. The molecule has 0 saturated heterocycles. The van der Waals surface area contributed by atoms with Crippen LogP contribution < -0.4 is 5.32 Å². The van der Waals surface area contributed by atoms with Crippen molar-refractivity contribution in [1.82, 2.24) is 14.6 Å². The molecule has 0 unspecified atom stereocenters. The van der Waals surface area contributed by atoms with Gasteiger partial charge in [-0.2, -0.15) is 0 Å². The Labute approximate surface area is 147 Å². The van der Waals surface area contributed by atoms with Crippen LogP contribution in [0.1, 0.15) is 40.4 Å². The Kier molecular flexibility index (Phi) is 4.87. The van der Waals surface area contributed by atoms with Crippen molar-refractivity contribution in [3.8, 4) is 0 Å². The molecule has 1 amide bonds. The topological polar surface area (TPSA) is 79.4 Å². The molecular weight excluding hydrogens is 338 g/mol. The normalized spacial score (nSPS) is 14.5. The molecule has 1 fully saturated rings. The molecule has 3 rings (SSSR count). The van der Waals surface area contributed by atoms with Crippen molar-refractivity contribution in [2.24, 2.45) is 0 Å². The van der Waals surface area contributed by atoms with Crippen molar-refractivity contribution in [1.29, 1.82) is 0 Å². The number of amides is 1. The van der Waals surface area contributed by atoms with Crippen LogP contribution >= 0.6 is 0 Å². The summed E-state index contributed by atoms with van der Waals surface area (Å²) in [5, 5.41) is 2.82. The Hall–Kier alpha value is -2.25. The van der Waals surface area contributed by atoms with Crippen molar-refractivity contribution in [3.05, 3.63) is 59.4 Å². The fourth-order valence-corrected chi connectivity index (χ4v) is 3.34. The largest absolute Gasteiger partial charge is 0.348 e. The third-order valence-electron chi connectivity index (χ3n) is 4.19. The van der Waals surface area contributed by atoms with E-state index >= 15 is 0 Å². The lowest BCUT2D eigenvalue weighted by atomic mass is 10.2. The van der Waals surface area contributed by atoms with Crippen molar-refractivity contribution >= 4 is 15.9 Å². The van der Waals surface area contributed by atoms with Crippen LogP contribution in [-0.2, 0) is 16.6 Å². The molecule has 1 heterocycles. The van der Waals surface area contributed by atoms with E-state index in [9.17, 15) is 13.2 Å². The molecule has 25 heavy (non-hydrogen) atoms. The highest BCUT2D eigenvalue weighted by atomic mass is 32.2. The molecule has 1 aliphatic carbocycles. The van der Waals surface area contributed by atoms with Gasteiger partial charge in [0.2, 0.25) is 10.0 Å². The summed E-state index contributed by atoms with van der Waals surface area (Å²) in [6.45, 7) is 0.383. The van der Waals surface area contributed by atoms with E-state index in [-0.39, 0.29) is 10.8 Å². The van der Waals surface area contributed by atoms with Gasteiger partial charge in [0.25, 0.3) is 5.91 Å². The van der Waals surface area contributed by atoms with Gasteiger partial charge in [-0.25, -0.2) is 12.7 Å². The molecule has 0 radical (unpaired) electrons. The van der Waals surface area contributed by atoms with Crippen molar-refractivity contribution in [2.75, 3.05) is 14.1 Å². The van der Waals surface area contributed by atoms with E-state index in [4.69, 9.17) is 0 Å². The van der Waals surface area contributed by atoms with Crippen LogP contribution in [0.2, 0.25) is 0 Å². The molecule has 2 aromatic rings. The number of hydrogen-bond donors (Lipinski definition) is 1. The molecule has 0 bridgehead atoms. The number of hydrogen-bond acceptors (Lipinski definition) is 4. The van der Waals surface area contributed by atoms with Crippen LogP contribution in [0.3, 0.4) is 0 Å². The highest BCUT2D eigenvalue weighted by molar-refractivity contribution is 7.89. The molecule has 1 aromatic heterocycles. The molecular formula is C18H21N3O3S. The highest BCUT2D eigenvalue weighted by Crippen LogP contribution is 2.38. The first-order chi connectivity index (χ1) is 11.9. The number of nitrogens with zero attached hydrogens (tertiary/aromatic N) is 2. The van der Waals surface area contributed by atoms with Crippen molar-refractivity contribution in [3.63, 3.8) is 0 Å². The van der Waals surface area contributed by atoms with Gasteiger partial charge >= 0.3 is 0 Å². The van der Waals surface area contributed by atoms with Crippen molar-refractivity contribution < 1.29 is 13.2 Å². The number of aromatic nitrogens is 1. The standard InChI is InChI=1S/C18H21N3O3S/c1-21(2)25(23,24)16-8-6-15(7-9-16)18(22)20-12-13-3-10-17(19-11-13)14-4-5-14/h3,6-11,14H,4-5,12H2,1-2H3,(H,20,22). The van der Waals surface area contributed by atoms with Gasteiger partial charge in [-0.05, 0) is 48.7 Å². The Morgan fingerprint density at radius 3 is 2.36 bits per heavy atom. The second kappa shape index (κ2) is 6.93. The predicted octanol–water partition coefficient (Wildman–Crippen LogP) is 2.14. The van der Waals surface area contributed by atoms with Gasteiger partial charge in [0, 0.05) is 44.0 Å². The Morgan fingerprint density at radius 1 is 1.16 bits per heavy atom. The van der Waals surface area contributed by atoms with Gasteiger partial charge < -0.3 is 5.32 Å². The zero-order valence-electron chi connectivity index (χ0n) is 14.3. The average molecular weight is 359 g/mol. The van der Waals surface area contributed by atoms with Crippen LogP contribution in [0.4, 0.5) is 0 Å². The molecule has 1 saturated carbocycles. The zero-order chi connectivity index (χ0) is 18.0. The summed E-state index contributed by atoms with van der Waals surface area (Å²) < 4.78 is 25.2. The Morgan fingerprint density at radius 2 is 1.84 bits per heavy atom. The Bertz CT molecular complexity index is 855. The third kappa shape index (κ3) is 4.05. The van der Waals surface area contributed by atoms with E-state index in [1.807, 2.05) is 12.1 Å². The van der Waals surface area contributed by atoms with E-state index in [1.165, 1.54) is 51.2 Å². The van der Waals surface area contributed by atoms with Crippen LogP contribution in [0, 0.1) is 0 Å². The van der Waals surface area contributed by atoms with Crippen LogP contribution in [0.5, 0.6) is 0 Å². The molecule has 6 nitrogen and oxygen atoms in total. The van der Waals surface area contributed by atoms with Gasteiger partial charge in [0.1, 0.15) is 0 Å². The molecule has 1 N–H and O–H groups in total. The molecule has 7 heteroatoms. The first kappa shape index (κ1) is 17.6. The average Bonchev–Trinajstić information content (AvgIpc) is 3.45. The number of carbonyl (C=O) groups excluding carboxylic acids is 1. The number of rotatable bonds is 6. The number of sulfonamides is 1. The lowest BCUT2D eigenvalue weighted by Gasteiger charge is -2.11. The summed E-state index contributed by atoms with van der Waals surface area (Å²) in [5.74, 6) is 0.362. The van der Waals surface area contributed by atoms with Crippen LogP contribution in [0.25, 0.3) is 0 Å². The van der Waals surface area contributed by atoms with Gasteiger partial charge in [0.05, 0.1) is 4.90 Å². The Balaban J connectivity index is 1.61. The quantitative estimate of drug-likeness (QED) is 0.857. The first-order valence-corrected chi connectivity index (χ1v) is 9.57. The zero-order valence-corrected chi connectivity index (χ0v) is 15.1. The maximum absolute atomic E-state index is 12.2. The molecule has 0 aliphatic heterocycles. The summed E-state index contributed by atoms with van der Waals surface area (Å²) >= 11 is 0. The maximum atomic E-state index is 12.2. The minimum atomic E-state index is -3.49. The SMILES string of the molecule is CN(C)S(=O)(=O)c1ccc(C(=O)NCc2ccc(C3CC3)nc2)cc1. The van der Waals surface area contributed by atoms with E-state index in [0.29, 0.717) is 18.0 Å². The van der Waals surface area contributed by atoms with E-state index < -0.39 is 10.0 Å². The molecule has 0 atom stereocenters. The lowest BCUT2D eigenvalue weighted by Crippen LogP contribution is -2.24. The van der Waals surface area contributed by atoms with Gasteiger partial charge in [-0.15, -0.1) is 0 Å². The van der Waals surface area contributed by atoms with Gasteiger partial charge in [-0.3, -0.25) is 9.78 Å². The number of nitrogens with one attached hydrogen (secondary N) is 1. The molecule has 1 aliphatic rings. The molecule has 1 aromatic carbocycles. The second-order valence-electron chi connectivity index (χ2n) is 6.36. The molecule has 132 valence electrons. The monoisotopic (exact) mass is 359 g/mol. The van der Waals surface area contributed by atoms with Crippen LogP contribution in [-0.4, -0.2) is 37.7 Å². The molecule has 0 spiro atoms. The summed E-state index contributed by atoms with van der Waals surface area (Å²) in [7, 11) is -0.546. The fourth-order valence-electron chi connectivity index (χ4n) is 2.43. The minimum absolute atomic E-state index is 0.161.